The maximum atomic E-state index is 4.41. The number of aromatic nitrogens is 1. The van der Waals surface area contributed by atoms with Gasteiger partial charge in [-0.25, -0.2) is 0 Å². The van der Waals surface area contributed by atoms with Crippen LogP contribution in [0.4, 0.5) is 5.69 Å². The van der Waals surface area contributed by atoms with Crippen molar-refractivity contribution in [1.29, 1.82) is 0 Å². The lowest BCUT2D eigenvalue weighted by molar-refractivity contribution is 0.137. The number of rotatable bonds is 1. The third-order valence-corrected chi connectivity index (χ3v) is 5.59. The van der Waals surface area contributed by atoms with E-state index in [4.69, 9.17) is 0 Å². The van der Waals surface area contributed by atoms with Gasteiger partial charge in [-0.3, -0.25) is 4.98 Å². The minimum absolute atomic E-state index is 0.495. The summed E-state index contributed by atoms with van der Waals surface area (Å²) in [5.41, 5.74) is 2.94. The Hall–Kier alpha value is -1.61. The van der Waals surface area contributed by atoms with E-state index in [0.29, 0.717) is 5.54 Å². The zero-order valence-corrected chi connectivity index (χ0v) is 12.8. The summed E-state index contributed by atoms with van der Waals surface area (Å²) < 4.78 is 0. The fraction of sp³-hybridized carbons (Fsp3) is 0.500. The van der Waals surface area contributed by atoms with Gasteiger partial charge < -0.3 is 9.80 Å². The molecule has 0 saturated carbocycles. The van der Waals surface area contributed by atoms with E-state index in [1.165, 1.54) is 56.4 Å². The largest absolute Gasteiger partial charge is 0.371 e. The van der Waals surface area contributed by atoms with Crippen LogP contribution in [0.5, 0.6) is 0 Å². The topological polar surface area (TPSA) is 19.4 Å². The number of piperidine rings is 1. The summed E-state index contributed by atoms with van der Waals surface area (Å²) in [5, 5.41) is 1.24. The van der Waals surface area contributed by atoms with E-state index in [0.717, 1.165) is 5.52 Å². The van der Waals surface area contributed by atoms with Crippen LogP contribution in [0.25, 0.3) is 10.9 Å². The monoisotopic (exact) mass is 281 g/mol. The molecule has 0 radical (unpaired) electrons. The minimum atomic E-state index is 0.495. The van der Waals surface area contributed by atoms with Gasteiger partial charge in [-0.2, -0.15) is 0 Å². The lowest BCUT2D eigenvalue weighted by atomic mass is 9.85. The number of benzene rings is 1. The number of anilines is 1. The summed E-state index contributed by atoms with van der Waals surface area (Å²) in [4.78, 5) is 9.56. The standard InChI is InChI=1S/C18H23N3/c1-20-11-3-7-18(20)8-12-21(13-9-18)16-5-6-17-15(14-16)4-2-10-19-17/h2,4-6,10,14H,3,7-9,11-13H2,1H3. The summed E-state index contributed by atoms with van der Waals surface area (Å²) in [5.74, 6) is 0. The van der Waals surface area contributed by atoms with E-state index in [2.05, 4.69) is 46.1 Å². The maximum absolute atomic E-state index is 4.41. The van der Waals surface area contributed by atoms with Crippen molar-refractivity contribution in [1.82, 2.24) is 9.88 Å². The van der Waals surface area contributed by atoms with Crippen molar-refractivity contribution in [2.75, 3.05) is 31.6 Å². The second kappa shape index (κ2) is 4.99. The van der Waals surface area contributed by atoms with E-state index in [-0.39, 0.29) is 0 Å². The summed E-state index contributed by atoms with van der Waals surface area (Å²) >= 11 is 0. The highest BCUT2D eigenvalue weighted by molar-refractivity contribution is 5.82. The summed E-state index contributed by atoms with van der Waals surface area (Å²) in [6.45, 7) is 3.63. The first-order chi connectivity index (χ1) is 10.3. The summed E-state index contributed by atoms with van der Waals surface area (Å²) in [6, 6.07) is 10.8. The van der Waals surface area contributed by atoms with Gasteiger partial charge in [0.25, 0.3) is 0 Å². The Morgan fingerprint density at radius 1 is 1.05 bits per heavy atom. The zero-order valence-electron chi connectivity index (χ0n) is 12.8. The fourth-order valence-corrected chi connectivity index (χ4v) is 4.15. The number of hydrogen-bond donors (Lipinski definition) is 0. The van der Waals surface area contributed by atoms with Crippen LogP contribution in [-0.4, -0.2) is 42.1 Å². The van der Waals surface area contributed by atoms with Crippen molar-refractivity contribution in [3.8, 4) is 0 Å². The first-order valence-electron chi connectivity index (χ1n) is 8.08. The van der Waals surface area contributed by atoms with Gasteiger partial charge >= 0.3 is 0 Å². The normalized spacial score (nSPS) is 22.2. The molecule has 1 aromatic heterocycles. The van der Waals surface area contributed by atoms with Crippen molar-refractivity contribution >= 4 is 16.6 Å². The molecule has 110 valence electrons. The molecular formula is C18H23N3. The van der Waals surface area contributed by atoms with Crippen LogP contribution >= 0.6 is 0 Å². The summed E-state index contributed by atoms with van der Waals surface area (Å²) in [7, 11) is 2.31. The second-order valence-electron chi connectivity index (χ2n) is 6.62. The van der Waals surface area contributed by atoms with Gasteiger partial charge in [0.1, 0.15) is 0 Å². The molecule has 0 unspecified atom stereocenters. The van der Waals surface area contributed by atoms with Crippen molar-refractivity contribution in [3.05, 3.63) is 36.5 Å². The van der Waals surface area contributed by atoms with Crippen LogP contribution in [0.2, 0.25) is 0 Å². The first-order valence-corrected chi connectivity index (χ1v) is 8.08. The lowest BCUT2D eigenvalue weighted by Gasteiger charge is -2.44. The molecule has 21 heavy (non-hydrogen) atoms. The average Bonchev–Trinajstić information content (AvgIpc) is 2.88. The van der Waals surface area contributed by atoms with Crippen LogP contribution < -0.4 is 4.90 Å². The third kappa shape index (κ3) is 2.20. The van der Waals surface area contributed by atoms with E-state index < -0.39 is 0 Å². The molecule has 1 spiro atoms. The molecule has 2 fully saturated rings. The van der Waals surface area contributed by atoms with Gasteiger partial charge in [0.15, 0.2) is 0 Å². The fourth-order valence-electron chi connectivity index (χ4n) is 4.15. The molecule has 0 N–H and O–H groups in total. The van der Waals surface area contributed by atoms with Crippen LogP contribution in [0, 0.1) is 0 Å². The Balaban J connectivity index is 1.54. The highest BCUT2D eigenvalue weighted by Crippen LogP contribution is 2.38. The van der Waals surface area contributed by atoms with E-state index in [1.807, 2.05) is 12.3 Å². The Kier molecular flexibility index (Phi) is 3.11. The lowest BCUT2D eigenvalue weighted by Crippen LogP contribution is -2.50. The van der Waals surface area contributed by atoms with Crippen LogP contribution in [0.1, 0.15) is 25.7 Å². The molecule has 3 heteroatoms. The number of fused-ring (bicyclic) bond motifs is 1. The quantitative estimate of drug-likeness (QED) is 0.799. The Morgan fingerprint density at radius 3 is 2.67 bits per heavy atom. The van der Waals surface area contributed by atoms with Crippen molar-refractivity contribution in [2.45, 2.75) is 31.2 Å². The van der Waals surface area contributed by atoms with Gasteiger partial charge in [-0.05, 0) is 63.5 Å². The molecule has 0 atom stereocenters. The van der Waals surface area contributed by atoms with Gasteiger partial charge in [0, 0.05) is 35.9 Å². The number of likely N-dealkylation sites (tertiary alicyclic amines) is 1. The molecule has 0 amide bonds. The molecule has 2 saturated heterocycles. The molecule has 4 rings (SSSR count). The number of hydrogen-bond acceptors (Lipinski definition) is 3. The SMILES string of the molecule is CN1CCCC12CCN(c1ccc3ncccc3c1)CC2. The Labute approximate surface area is 126 Å². The smallest absolute Gasteiger partial charge is 0.0703 e. The molecule has 3 nitrogen and oxygen atoms in total. The molecule has 0 bridgehead atoms. The van der Waals surface area contributed by atoms with Crippen molar-refractivity contribution in [3.63, 3.8) is 0 Å². The predicted octanol–water partition coefficient (Wildman–Crippen LogP) is 3.30. The van der Waals surface area contributed by atoms with Crippen molar-refractivity contribution < 1.29 is 0 Å². The van der Waals surface area contributed by atoms with Crippen LogP contribution in [0.3, 0.4) is 0 Å². The zero-order chi connectivity index (χ0) is 14.3. The predicted molar refractivity (Wildman–Crippen MR) is 87.8 cm³/mol. The summed E-state index contributed by atoms with van der Waals surface area (Å²) in [6.07, 6.45) is 7.23. The highest BCUT2D eigenvalue weighted by Gasteiger charge is 2.40. The Morgan fingerprint density at radius 2 is 1.90 bits per heavy atom. The number of pyridine rings is 1. The van der Waals surface area contributed by atoms with Gasteiger partial charge in [-0.15, -0.1) is 0 Å². The third-order valence-electron chi connectivity index (χ3n) is 5.59. The van der Waals surface area contributed by atoms with E-state index >= 15 is 0 Å². The minimum Gasteiger partial charge on any atom is -0.371 e. The van der Waals surface area contributed by atoms with Crippen LogP contribution in [-0.2, 0) is 0 Å². The van der Waals surface area contributed by atoms with Crippen molar-refractivity contribution in [2.24, 2.45) is 0 Å². The molecule has 2 aromatic rings. The van der Waals surface area contributed by atoms with Gasteiger partial charge in [0.05, 0.1) is 5.52 Å². The molecule has 3 heterocycles. The van der Waals surface area contributed by atoms with Gasteiger partial charge in [0.2, 0.25) is 0 Å². The first kappa shape index (κ1) is 13.1. The second-order valence-corrected chi connectivity index (χ2v) is 6.62. The van der Waals surface area contributed by atoms with E-state index in [1.54, 1.807) is 0 Å². The molecular weight excluding hydrogens is 258 g/mol. The maximum Gasteiger partial charge on any atom is 0.0703 e. The average molecular weight is 281 g/mol. The number of nitrogens with zero attached hydrogens (tertiary/aromatic N) is 3. The molecule has 2 aliphatic heterocycles. The van der Waals surface area contributed by atoms with Crippen LogP contribution in [0.15, 0.2) is 36.5 Å². The van der Waals surface area contributed by atoms with Gasteiger partial charge in [-0.1, -0.05) is 6.07 Å². The molecule has 1 aromatic carbocycles. The highest BCUT2D eigenvalue weighted by atomic mass is 15.2. The molecule has 0 aliphatic carbocycles. The molecule has 2 aliphatic rings. The Bertz CT molecular complexity index is 644. The van der Waals surface area contributed by atoms with E-state index in [9.17, 15) is 0 Å².